The van der Waals surface area contributed by atoms with Crippen LogP contribution in [0.15, 0.2) is 11.6 Å². The minimum Gasteiger partial charge on any atom is -0.356 e. The molecule has 3 heteroatoms. The molecule has 0 aromatic heterocycles. The second-order valence-electron chi connectivity index (χ2n) is 5.42. The maximum absolute atomic E-state index is 11.5. The summed E-state index contributed by atoms with van der Waals surface area (Å²) in [5, 5.41) is 6.33. The fraction of sp³-hybridized carbons (Fsp3) is 0.812. The number of hydrogen-bond donors (Lipinski definition) is 2. The summed E-state index contributed by atoms with van der Waals surface area (Å²) in [7, 11) is 0. The van der Waals surface area contributed by atoms with Gasteiger partial charge in [0.15, 0.2) is 0 Å². The molecule has 0 fully saturated rings. The van der Waals surface area contributed by atoms with E-state index >= 15 is 0 Å². The van der Waals surface area contributed by atoms with E-state index in [1.165, 1.54) is 38.5 Å². The topological polar surface area (TPSA) is 41.1 Å². The molecule has 0 bridgehead atoms. The minimum atomic E-state index is 0.181. The minimum absolute atomic E-state index is 0.181. The highest BCUT2D eigenvalue weighted by Gasteiger charge is 2.03. The Morgan fingerprint density at radius 1 is 1.21 bits per heavy atom. The second-order valence-corrected chi connectivity index (χ2v) is 5.42. The number of carbonyl (C=O) groups excluding carboxylic acids is 1. The van der Waals surface area contributed by atoms with Crippen LogP contribution in [0.1, 0.15) is 64.7 Å². The highest BCUT2D eigenvalue weighted by atomic mass is 16.1. The molecule has 0 spiro atoms. The normalized spacial score (nSPS) is 15.1. The van der Waals surface area contributed by atoms with E-state index in [0.29, 0.717) is 6.42 Å². The van der Waals surface area contributed by atoms with Crippen molar-refractivity contribution < 1.29 is 4.79 Å². The molecule has 0 saturated heterocycles. The summed E-state index contributed by atoms with van der Waals surface area (Å²) >= 11 is 0. The van der Waals surface area contributed by atoms with Crippen molar-refractivity contribution in [2.24, 2.45) is 0 Å². The first-order valence-corrected chi connectivity index (χ1v) is 7.98. The molecule has 0 heterocycles. The Labute approximate surface area is 118 Å². The van der Waals surface area contributed by atoms with Gasteiger partial charge in [-0.25, -0.2) is 0 Å². The van der Waals surface area contributed by atoms with Gasteiger partial charge in [0.1, 0.15) is 0 Å². The van der Waals surface area contributed by atoms with Gasteiger partial charge in [-0.15, -0.1) is 0 Å². The lowest BCUT2D eigenvalue weighted by Crippen LogP contribution is -2.28. The van der Waals surface area contributed by atoms with Gasteiger partial charge in [-0.3, -0.25) is 4.79 Å². The number of unbranched alkanes of at least 4 members (excludes halogenated alkanes) is 2. The molecule has 3 nitrogen and oxygen atoms in total. The van der Waals surface area contributed by atoms with Crippen molar-refractivity contribution in [3.8, 4) is 0 Å². The van der Waals surface area contributed by atoms with Gasteiger partial charge in [0.2, 0.25) is 5.91 Å². The molecule has 110 valence electrons. The van der Waals surface area contributed by atoms with E-state index in [1.807, 2.05) is 0 Å². The Hall–Kier alpha value is -0.830. The number of nitrogens with one attached hydrogen (secondary N) is 2. The van der Waals surface area contributed by atoms with Gasteiger partial charge >= 0.3 is 0 Å². The molecule has 0 radical (unpaired) electrons. The van der Waals surface area contributed by atoms with Crippen molar-refractivity contribution in [2.45, 2.75) is 64.7 Å². The standard InChI is InChI=1S/C16H30N2O/c1-2-3-7-12-18-16(19)11-14-17-13-10-15-8-5-4-6-9-15/h8,17H,2-7,9-14H2,1H3,(H,18,19). The zero-order valence-corrected chi connectivity index (χ0v) is 12.5. The van der Waals surface area contributed by atoms with Crippen LogP contribution in [0.3, 0.4) is 0 Å². The molecule has 19 heavy (non-hydrogen) atoms. The Morgan fingerprint density at radius 2 is 2.11 bits per heavy atom. The van der Waals surface area contributed by atoms with Crippen LogP contribution in [0.2, 0.25) is 0 Å². The van der Waals surface area contributed by atoms with E-state index in [1.54, 1.807) is 5.57 Å². The Bertz CT molecular complexity index is 274. The van der Waals surface area contributed by atoms with Crippen molar-refractivity contribution in [3.63, 3.8) is 0 Å². The maximum atomic E-state index is 11.5. The van der Waals surface area contributed by atoms with Gasteiger partial charge in [-0.2, -0.15) is 0 Å². The monoisotopic (exact) mass is 266 g/mol. The van der Waals surface area contributed by atoms with E-state index in [-0.39, 0.29) is 5.91 Å². The summed E-state index contributed by atoms with van der Waals surface area (Å²) < 4.78 is 0. The van der Waals surface area contributed by atoms with Gasteiger partial charge < -0.3 is 10.6 Å². The predicted octanol–water partition coefficient (Wildman–Crippen LogP) is 3.16. The fourth-order valence-corrected chi connectivity index (χ4v) is 2.40. The Kier molecular flexibility index (Phi) is 9.42. The molecule has 1 aliphatic carbocycles. The van der Waals surface area contributed by atoms with E-state index in [9.17, 15) is 4.79 Å². The van der Waals surface area contributed by atoms with Crippen LogP contribution in [0.4, 0.5) is 0 Å². The average Bonchev–Trinajstić information content (AvgIpc) is 2.44. The zero-order valence-electron chi connectivity index (χ0n) is 12.5. The molecule has 0 saturated carbocycles. The highest BCUT2D eigenvalue weighted by Crippen LogP contribution is 2.19. The van der Waals surface area contributed by atoms with Crippen molar-refractivity contribution >= 4 is 5.91 Å². The van der Waals surface area contributed by atoms with Crippen LogP contribution in [-0.4, -0.2) is 25.5 Å². The van der Waals surface area contributed by atoms with E-state index < -0.39 is 0 Å². The van der Waals surface area contributed by atoms with E-state index in [0.717, 1.165) is 32.5 Å². The highest BCUT2D eigenvalue weighted by molar-refractivity contribution is 5.75. The molecule has 1 aliphatic rings. The molecule has 0 unspecified atom stereocenters. The van der Waals surface area contributed by atoms with Crippen LogP contribution in [0.25, 0.3) is 0 Å². The number of rotatable bonds is 10. The second kappa shape index (κ2) is 11.0. The SMILES string of the molecule is CCCCCNC(=O)CCNCCC1=CCCCC1. The van der Waals surface area contributed by atoms with Crippen molar-refractivity contribution in [1.82, 2.24) is 10.6 Å². The fourth-order valence-electron chi connectivity index (χ4n) is 2.40. The lowest BCUT2D eigenvalue weighted by molar-refractivity contribution is -0.121. The molecule has 0 atom stereocenters. The largest absolute Gasteiger partial charge is 0.356 e. The van der Waals surface area contributed by atoms with Gasteiger partial charge in [0.05, 0.1) is 0 Å². The molecular formula is C16H30N2O. The summed E-state index contributed by atoms with van der Waals surface area (Å²) in [6.45, 7) is 4.81. The molecule has 1 rings (SSSR count). The number of carbonyl (C=O) groups is 1. The van der Waals surface area contributed by atoms with Gasteiger partial charge in [-0.05, 0) is 45.1 Å². The van der Waals surface area contributed by atoms with Crippen LogP contribution in [0.5, 0.6) is 0 Å². The van der Waals surface area contributed by atoms with Gasteiger partial charge in [0, 0.05) is 19.5 Å². The lowest BCUT2D eigenvalue weighted by Gasteiger charge is -2.12. The summed E-state index contributed by atoms with van der Waals surface area (Å²) in [5.74, 6) is 0.181. The van der Waals surface area contributed by atoms with Crippen molar-refractivity contribution in [2.75, 3.05) is 19.6 Å². The van der Waals surface area contributed by atoms with E-state index in [4.69, 9.17) is 0 Å². The van der Waals surface area contributed by atoms with Crippen LogP contribution < -0.4 is 10.6 Å². The average molecular weight is 266 g/mol. The quantitative estimate of drug-likeness (QED) is 0.471. The number of allylic oxidation sites excluding steroid dienone is 1. The Morgan fingerprint density at radius 3 is 2.84 bits per heavy atom. The van der Waals surface area contributed by atoms with Crippen LogP contribution in [0, 0.1) is 0 Å². The predicted molar refractivity (Wildman–Crippen MR) is 81.2 cm³/mol. The van der Waals surface area contributed by atoms with Crippen LogP contribution >= 0.6 is 0 Å². The summed E-state index contributed by atoms with van der Waals surface area (Å²) in [5.41, 5.74) is 1.60. The van der Waals surface area contributed by atoms with Crippen molar-refractivity contribution in [3.05, 3.63) is 11.6 Å². The third-order valence-electron chi connectivity index (χ3n) is 3.64. The molecule has 0 aliphatic heterocycles. The van der Waals surface area contributed by atoms with Gasteiger partial charge in [-0.1, -0.05) is 31.4 Å². The number of hydrogen-bond acceptors (Lipinski definition) is 2. The maximum Gasteiger partial charge on any atom is 0.221 e. The summed E-state index contributed by atoms with van der Waals surface area (Å²) in [4.78, 5) is 11.5. The third-order valence-corrected chi connectivity index (χ3v) is 3.64. The summed E-state index contributed by atoms with van der Waals surface area (Å²) in [6.07, 6.45) is 12.9. The first-order chi connectivity index (χ1) is 9.33. The Balaban J connectivity index is 1.89. The first-order valence-electron chi connectivity index (χ1n) is 7.98. The first kappa shape index (κ1) is 16.2. The lowest BCUT2D eigenvalue weighted by atomic mass is 9.97. The molecular weight excluding hydrogens is 236 g/mol. The smallest absolute Gasteiger partial charge is 0.221 e. The van der Waals surface area contributed by atoms with Crippen molar-refractivity contribution in [1.29, 1.82) is 0 Å². The molecule has 2 N–H and O–H groups in total. The molecule has 0 aromatic carbocycles. The summed E-state index contributed by atoms with van der Waals surface area (Å²) in [6, 6.07) is 0. The number of amides is 1. The zero-order chi connectivity index (χ0) is 13.8. The molecule has 0 aromatic rings. The van der Waals surface area contributed by atoms with E-state index in [2.05, 4.69) is 23.6 Å². The van der Waals surface area contributed by atoms with Gasteiger partial charge in [0.25, 0.3) is 0 Å². The molecule has 1 amide bonds. The third kappa shape index (κ3) is 8.82. The van der Waals surface area contributed by atoms with Crippen LogP contribution in [-0.2, 0) is 4.79 Å².